The summed E-state index contributed by atoms with van der Waals surface area (Å²) in [6.45, 7) is 2.96. The lowest BCUT2D eigenvalue weighted by molar-refractivity contribution is 0.105. The smallest absolute Gasteiger partial charge is 0.296 e. The second kappa shape index (κ2) is 5.66. The van der Waals surface area contributed by atoms with Gasteiger partial charge in [-0.2, -0.15) is 8.42 Å². The van der Waals surface area contributed by atoms with Crippen LogP contribution in [-0.2, 0) is 10.1 Å². The molecule has 1 rings (SSSR count). The number of aliphatic hydroxyl groups is 2. The lowest BCUT2D eigenvalue weighted by Gasteiger charge is -2.16. The fourth-order valence-electron chi connectivity index (χ4n) is 1.64. The van der Waals surface area contributed by atoms with Gasteiger partial charge in [0.25, 0.3) is 10.1 Å². The van der Waals surface area contributed by atoms with Gasteiger partial charge in [-0.25, -0.2) is 0 Å². The summed E-state index contributed by atoms with van der Waals surface area (Å²) < 4.78 is 31.7. The third kappa shape index (κ3) is 3.67. The van der Waals surface area contributed by atoms with Crippen molar-refractivity contribution in [2.24, 2.45) is 0 Å². The molecule has 0 heterocycles. The van der Waals surface area contributed by atoms with Crippen LogP contribution >= 0.6 is 0 Å². The molecule has 1 aromatic rings. The van der Waals surface area contributed by atoms with Gasteiger partial charge < -0.3 is 15.5 Å². The molecule has 18 heavy (non-hydrogen) atoms. The highest BCUT2D eigenvalue weighted by molar-refractivity contribution is 7.86. The maximum Gasteiger partial charge on any atom is 0.296 e. The largest absolute Gasteiger partial charge is 0.394 e. The molecule has 0 fully saturated rings. The minimum absolute atomic E-state index is 0.0110. The zero-order valence-electron chi connectivity index (χ0n) is 10.2. The summed E-state index contributed by atoms with van der Waals surface area (Å²) in [6, 6.07) is 3.10. The normalized spacial score (nSPS) is 13.4. The Balaban J connectivity index is 3.17. The van der Waals surface area contributed by atoms with Gasteiger partial charge in [0, 0.05) is 6.54 Å². The summed E-state index contributed by atoms with van der Waals surface area (Å²) >= 11 is 0. The quantitative estimate of drug-likeness (QED) is 0.576. The van der Waals surface area contributed by atoms with E-state index in [-0.39, 0.29) is 17.1 Å². The van der Waals surface area contributed by atoms with Gasteiger partial charge in [0.15, 0.2) is 0 Å². The van der Waals surface area contributed by atoms with Crippen LogP contribution in [0.3, 0.4) is 0 Å². The second-order valence-corrected chi connectivity index (χ2v) is 5.54. The lowest BCUT2D eigenvalue weighted by atomic mass is 10.1. The molecule has 0 aliphatic rings. The Morgan fingerprint density at radius 2 is 1.94 bits per heavy atom. The second-order valence-electron chi connectivity index (χ2n) is 4.15. The van der Waals surface area contributed by atoms with Crippen LogP contribution in [0.2, 0.25) is 0 Å². The van der Waals surface area contributed by atoms with Crippen LogP contribution < -0.4 is 5.32 Å². The highest BCUT2D eigenvalue weighted by atomic mass is 32.2. The Hall–Kier alpha value is -1.15. The van der Waals surface area contributed by atoms with Gasteiger partial charge in [-0.05, 0) is 31.0 Å². The van der Waals surface area contributed by atoms with Crippen molar-refractivity contribution >= 4 is 15.8 Å². The predicted octanol–water partition coefficient (Wildman–Crippen LogP) is 0.315. The topological polar surface area (TPSA) is 107 Å². The molecule has 1 unspecified atom stereocenters. The van der Waals surface area contributed by atoms with Crippen LogP contribution in [0.25, 0.3) is 0 Å². The number of rotatable bonds is 5. The van der Waals surface area contributed by atoms with Gasteiger partial charge in [0.1, 0.15) is 4.90 Å². The van der Waals surface area contributed by atoms with E-state index >= 15 is 0 Å². The molecule has 0 radical (unpaired) electrons. The van der Waals surface area contributed by atoms with Crippen LogP contribution in [0.15, 0.2) is 17.0 Å². The van der Waals surface area contributed by atoms with Crippen LogP contribution in [0, 0.1) is 13.8 Å². The highest BCUT2D eigenvalue weighted by Crippen LogP contribution is 2.26. The molecule has 1 atom stereocenters. The Kier molecular flexibility index (Phi) is 4.69. The number of aryl methyl sites for hydroxylation is 2. The van der Waals surface area contributed by atoms with E-state index in [4.69, 9.17) is 9.66 Å². The predicted molar refractivity (Wildman–Crippen MR) is 67.3 cm³/mol. The van der Waals surface area contributed by atoms with Gasteiger partial charge >= 0.3 is 0 Å². The van der Waals surface area contributed by atoms with E-state index < -0.39 is 22.8 Å². The van der Waals surface area contributed by atoms with Crippen LogP contribution in [0.4, 0.5) is 5.69 Å². The molecule has 0 aliphatic carbocycles. The first kappa shape index (κ1) is 14.9. The number of anilines is 1. The average molecular weight is 275 g/mol. The minimum atomic E-state index is -4.34. The molecule has 102 valence electrons. The molecule has 0 amide bonds. The molecular weight excluding hydrogens is 258 g/mol. The first-order chi connectivity index (χ1) is 8.25. The van der Waals surface area contributed by atoms with E-state index in [9.17, 15) is 13.5 Å². The van der Waals surface area contributed by atoms with E-state index in [1.165, 1.54) is 6.07 Å². The van der Waals surface area contributed by atoms with Gasteiger partial charge in [0.2, 0.25) is 0 Å². The first-order valence-electron chi connectivity index (χ1n) is 5.37. The maximum atomic E-state index is 11.3. The Morgan fingerprint density at radius 3 is 2.44 bits per heavy atom. The summed E-state index contributed by atoms with van der Waals surface area (Å²) in [5.74, 6) is 0. The fraction of sp³-hybridized carbons (Fsp3) is 0.455. The van der Waals surface area contributed by atoms with Crippen LogP contribution in [0.1, 0.15) is 11.1 Å². The van der Waals surface area contributed by atoms with Crippen LogP contribution in [-0.4, -0.2) is 42.4 Å². The van der Waals surface area contributed by atoms with E-state index in [2.05, 4.69) is 5.32 Å². The van der Waals surface area contributed by atoms with E-state index in [1.54, 1.807) is 19.9 Å². The summed E-state index contributed by atoms with van der Waals surface area (Å²) in [7, 11) is -4.34. The number of nitrogens with one attached hydrogen (secondary N) is 1. The number of aliphatic hydroxyl groups excluding tert-OH is 2. The Morgan fingerprint density at radius 1 is 1.33 bits per heavy atom. The van der Waals surface area contributed by atoms with Gasteiger partial charge in [-0.3, -0.25) is 4.55 Å². The fourth-order valence-corrected chi connectivity index (χ4v) is 2.47. The van der Waals surface area contributed by atoms with Crippen molar-refractivity contribution in [2.45, 2.75) is 24.8 Å². The maximum absolute atomic E-state index is 11.3. The Labute approximate surface area is 106 Å². The van der Waals surface area contributed by atoms with Crippen molar-refractivity contribution in [3.05, 3.63) is 23.3 Å². The molecule has 6 nitrogen and oxygen atoms in total. The first-order valence-corrected chi connectivity index (χ1v) is 6.81. The summed E-state index contributed by atoms with van der Waals surface area (Å²) in [5.41, 5.74) is 1.57. The molecule has 1 aromatic carbocycles. The minimum Gasteiger partial charge on any atom is -0.394 e. The van der Waals surface area contributed by atoms with Crippen molar-refractivity contribution in [2.75, 3.05) is 18.5 Å². The van der Waals surface area contributed by atoms with Crippen molar-refractivity contribution < 1.29 is 23.2 Å². The Bertz CT molecular complexity index is 526. The molecular formula is C11H17NO5S. The number of hydrogen-bond acceptors (Lipinski definition) is 5. The number of hydrogen-bond donors (Lipinski definition) is 4. The third-order valence-corrected chi connectivity index (χ3v) is 3.32. The van der Waals surface area contributed by atoms with E-state index in [0.717, 1.165) is 0 Å². The van der Waals surface area contributed by atoms with Gasteiger partial charge in [-0.15, -0.1) is 0 Å². The molecule has 0 bridgehead atoms. The van der Waals surface area contributed by atoms with Gasteiger partial charge in [-0.1, -0.05) is 6.07 Å². The monoisotopic (exact) mass is 275 g/mol. The molecule has 0 saturated carbocycles. The summed E-state index contributed by atoms with van der Waals surface area (Å²) in [5, 5.41) is 20.6. The standard InChI is InChI=1S/C11H17NO5S/c1-7-3-8(2)11(12-5-9(14)6-13)10(4-7)18(15,16)17/h3-4,9,12-14H,5-6H2,1-2H3,(H,15,16,17). The lowest BCUT2D eigenvalue weighted by Crippen LogP contribution is -2.24. The summed E-state index contributed by atoms with van der Waals surface area (Å²) in [6.07, 6.45) is -1.00. The van der Waals surface area contributed by atoms with Crippen molar-refractivity contribution in [3.63, 3.8) is 0 Å². The van der Waals surface area contributed by atoms with Crippen LogP contribution in [0.5, 0.6) is 0 Å². The molecule has 0 spiro atoms. The SMILES string of the molecule is Cc1cc(C)c(NCC(O)CO)c(S(=O)(=O)O)c1. The summed E-state index contributed by atoms with van der Waals surface area (Å²) in [4.78, 5) is -0.231. The molecule has 4 N–H and O–H groups in total. The molecule has 7 heteroatoms. The van der Waals surface area contributed by atoms with Crippen molar-refractivity contribution in [3.8, 4) is 0 Å². The van der Waals surface area contributed by atoms with E-state index in [1.807, 2.05) is 0 Å². The zero-order valence-corrected chi connectivity index (χ0v) is 11.0. The highest BCUT2D eigenvalue weighted by Gasteiger charge is 2.18. The molecule has 0 saturated heterocycles. The average Bonchev–Trinajstić information content (AvgIpc) is 2.25. The van der Waals surface area contributed by atoms with E-state index in [0.29, 0.717) is 11.1 Å². The van der Waals surface area contributed by atoms with Gasteiger partial charge in [0.05, 0.1) is 18.4 Å². The van der Waals surface area contributed by atoms with Crippen molar-refractivity contribution in [1.82, 2.24) is 0 Å². The number of benzene rings is 1. The third-order valence-electron chi connectivity index (χ3n) is 2.45. The zero-order chi connectivity index (χ0) is 13.9. The van der Waals surface area contributed by atoms with Crippen molar-refractivity contribution in [1.29, 1.82) is 0 Å². The molecule has 0 aliphatic heterocycles. The molecule has 0 aromatic heterocycles.